The second-order valence-electron chi connectivity index (χ2n) is 3.14. The molecule has 2 rings (SSSR count). The molecule has 0 atom stereocenters. The van der Waals surface area contributed by atoms with Gasteiger partial charge in [0.2, 0.25) is 0 Å². The zero-order valence-corrected chi connectivity index (χ0v) is 9.81. The van der Waals surface area contributed by atoms with E-state index >= 15 is 0 Å². The highest BCUT2D eigenvalue weighted by atomic mass is 35.5. The van der Waals surface area contributed by atoms with Crippen LogP contribution in [-0.2, 0) is 0 Å². The van der Waals surface area contributed by atoms with Gasteiger partial charge in [0.15, 0.2) is 0 Å². The van der Waals surface area contributed by atoms with E-state index in [1.807, 2.05) is 12.1 Å². The fraction of sp³-hybridized carbons (Fsp3) is 0. The fourth-order valence-electron chi connectivity index (χ4n) is 1.25. The number of thiophene rings is 1. The number of benzene rings is 1. The smallest absolute Gasteiger partial charge is 0.267 e. The number of rotatable bonds is 2. The Labute approximate surface area is 102 Å². The highest BCUT2D eigenvalue weighted by Gasteiger charge is 2.12. The van der Waals surface area contributed by atoms with Crippen molar-refractivity contribution in [1.82, 2.24) is 0 Å². The lowest BCUT2D eigenvalue weighted by Gasteiger charge is -2.06. The second-order valence-corrected chi connectivity index (χ2v) is 4.46. The Hall–Kier alpha value is -1.52. The summed E-state index contributed by atoms with van der Waals surface area (Å²) in [5.41, 5.74) is 6.84. The van der Waals surface area contributed by atoms with Crippen molar-refractivity contribution in [2.24, 2.45) is 0 Å². The summed E-state index contributed by atoms with van der Waals surface area (Å²) < 4.78 is 0. The maximum absolute atomic E-state index is 11.8. The first-order chi connectivity index (χ1) is 7.68. The van der Waals surface area contributed by atoms with Crippen LogP contribution in [-0.4, -0.2) is 5.91 Å². The highest BCUT2D eigenvalue weighted by molar-refractivity contribution is 7.12. The summed E-state index contributed by atoms with van der Waals surface area (Å²) in [5.74, 6) is -0.238. The van der Waals surface area contributed by atoms with Crippen LogP contribution < -0.4 is 11.1 Å². The highest BCUT2D eigenvalue weighted by Crippen LogP contribution is 2.24. The van der Waals surface area contributed by atoms with Gasteiger partial charge in [0, 0.05) is 0 Å². The Morgan fingerprint density at radius 3 is 2.69 bits per heavy atom. The molecular formula is C11H9ClN2OS. The number of nitrogens with one attached hydrogen (secondary N) is 1. The third kappa shape index (κ3) is 2.18. The Morgan fingerprint density at radius 1 is 1.31 bits per heavy atom. The van der Waals surface area contributed by atoms with E-state index in [4.69, 9.17) is 17.3 Å². The summed E-state index contributed by atoms with van der Waals surface area (Å²) in [5, 5.41) is 4.94. The van der Waals surface area contributed by atoms with E-state index in [2.05, 4.69) is 5.32 Å². The monoisotopic (exact) mass is 252 g/mol. The third-order valence-electron chi connectivity index (χ3n) is 2.03. The van der Waals surface area contributed by atoms with Gasteiger partial charge < -0.3 is 11.1 Å². The maximum Gasteiger partial charge on any atom is 0.267 e. The summed E-state index contributed by atoms with van der Waals surface area (Å²) in [4.78, 5) is 12.3. The molecule has 0 unspecified atom stereocenters. The SMILES string of the molecule is Nc1ccccc1NC(=O)c1sccc1Cl. The molecule has 0 saturated heterocycles. The van der Waals surface area contributed by atoms with Gasteiger partial charge in [-0.1, -0.05) is 23.7 Å². The largest absolute Gasteiger partial charge is 0.397 e. The number of carbonyl (C=O) groups is 1. The van der Waals surface area contributed by atoms with Gasteiger partial charge in [-0.3, -0.25) is 4.79 Å². The first-order valence-electron chi connectivity index (χ1n) is 4.57. The zero-order chi connectivity index (χ0) is 11.5. The molecule has 3 nitrogen and oxygen atoms in total. The molecule has 3 N–H and O–H groups in total. The van der Waals surface area contributed by atoms with Crippen LogP contribution in [0.15, 0.2) is 35.7 Å². The van der Waals surface area contributed by atoms with Crippen LogP contribution in [0.1, 0.15) is 9.67 Å². The number of amides is 1. The van der Waals surface area contributed by atoms with Gasteiger partial charge in [0.25, 0.3) is 5.91 Å². The van der Waals surface area contributed by atoms with Crippen LogP contribution in [0.5, 0.6) is 0 Å². The number of nitrogens with two attached hydrogens (primary N) is 1. The number of para-hydroxylation sites is 2. The predicted molar refractivity (Wildman–Crippen MR) is 68.1 cm³/mol. The molecule has 0 fully saturated rings. The molecule has 5 heteroatoms. The number of anilines is 2. The van der Waals surface area contributed by atoms with E-state index in [9.17, 15) is 4.79 Å². The van der Waals surface area contributed by atoms with Crippen molar-refractivity contribution in [3.8, 4) is 0 Å². The lowest BCUT2D eigenvalue weighted by Crippen LogP contribution is -2.11. The Balaban J connectivity index is 2.21. The van der Waals surface area contributed by atoms with E-state index in [1.165, 1.54) is 11.3 Å². The number of nitrogen functional groups attached to an aromatic ring is 1. The van der Waals surface area contributed by atoms with Crippen molar-refractivity contribution in [1.29, 1.82) is 0 Å². The van der Waals surface area contributed by atoms with Gasteiger partial charge in [-0.15, -0.1) is 11.3 Å². The van der Waals surface area contributed by atoms with Gasteiger partial charge in [0.1, 0.15) is 4.88 Å². The zero-order valence-electron chi connectivity index (χ0n) is 8.24. The standard InChI is InChI=1S/C11H9ClN2OS/c12-7-5-6-16-10(7)11(15)14-9-4-2-1-3-8(9)13/h1-6H,13H2,(H,14,15). The molecular weight excluding hydrogens is 244 g/mol. The molecule has 1 amide bonds. The molecule has 0 spiro atoms. The van der Waals surface area contributed by atoms with Gasteiger partial charge in [-0.05, 0) is 23.6 Å². The quantitative estimate of drug-likeness (QED) is 0.807. The number of carbonyl (C=O) groups excluding carboxylic acids is 1. The molecule has 2 aromatic rings. The van der Waals surface area contributed by atoms with Crippen LogP contribution in [0.25, 0.3) is 0 Å². The summed E-state index contributed by atoms with van der Waals surface area (Å²) in [6, 6.07) is 8.78. The Kier molecular flexibility index (Phi) is 3.12. The van der Waals surface area contributed by atoms with Gasteiger partial charge in [-0.25, -0.2) is 0 Å². The molecule has 16 heavy (non-hydrogen) atoms. The molecule has 0 aliphatic carbocycles. The van der Waals surface area contributed by atoms with Crippen molar-refractivity contribution in [2.75, 3.05) is 11.1 Å². The molecule has 0 saturated carbocycles. The Morgan fingerprint density at radius 2 is 2.06 bits per heavy atom. The van der Waals surface area contributed by atoms with Gasteiger partial charge >= 0.3 is 0 Å². The van der Waals surface area contributed by atoms with Crippen LogP contribution >= 0.6 is 22.9 Å². The normalized spacial score (nSPS) is 10.1. The van der Waals surface area contributed by atoms with Crippen LogP contribution in [0.2, 0.25) is 5.02 Å². The molecule has 82 valence electrons. The minimum Gasteiger partial charge on any atom is -0.397 e. The fourth-order valence-corrected chi connectivity index (χ4v) is 2.28. The van der Waals surface area contributed by atoms with E-state index in [0.717, 1.165) is 0 Å². The first-order valence-corrected chi connectivity index (χ1v) is 5.83. The van der Waals surface area contributed by atoms with E-state index in [0.29, 0.717) is 21.3 Å². The number of halogens is 1. The lowest BCUT2D eigenvalue weighted by molar-refractivity contribution is 0.103. The van der Waals surface area contributed by atoms with Crippen molar-refractivity contribution in [3.05, 3.63) is 45.6 Å². The molecule has 0 bridgehead atoms. The number of hydrogen-bond acceptors (Lipinski definition) is 3. The maximum atomic E-state index is 11.8. The first kappa shape index (κ1) is 11.0. The average Bonchev–Trinajstić information content (AvgIpc) is 2.68. The average molecular weight is 253 g/mol. The molecule has 1 aromatic heterocycles. The van der Waals surface area contributed by atoms with Crippen molar-refractivity contribution in [3.63, 3.8) is 0 Å². The molecule has 0 aliphatic heterocycles. The van der Waals surface area contributed by atoms with Crippen molar-refractivity contribution < 1.29 is 4.79 Å². The van der Waals surface area contributed by atoms with E-state index in [-0.39, 0.29) is 5.91 Å². The van der Waals surface area contributed by atoms with Crippen LogP contribution in [0.3, 0.4) is 0 Å². The summed E-state index contributed by atoms with van der Waals surface area (Å²) >= 11 is 7.16. The second kappa shape index (κ2) is 4.55. The Bertz CT molecular complexity index is 524. The van der Waals surface area contributed by atoms with Gasteiger partial charge in [0.05, 0.1) is 16.4 Å². The summed E-state index contributed by atoms with van der Waals surface area (Å²) in [7, 11) is 0. The molecule has 0 radical (unpaired) electrons. The van der Waals surface area contributed by atoms with Crippen LogP contribution in [0, 0.1) is 0 Å². The summed E-state index contributed by atoms with van der Waals surface area (Å²) in [6.45, 7) is 0. The minimum absolute atomic E-state index is 0.238. The van der Waals surface area contributed by atoms with Gasteiger partial charge in [-0.2, -0.15) is 0 Å². The minimum atomic E-state index is -0.238. The predicted octanol–water partition coefficient (Wildman–Crippen LogP) is 3.24. The molecule has 1 aromatic carbocycles. The topological polar surface area (TPSA) is 55.1 Å². The molecule has 0 aliphatic rings. The summed E-state index contributed by atoms with van der Waals surface area (Å²) in [6.07, 6.45) is 0. The van der Waals surface area contributed by atoms with E-state index in [1.54, 1.807) is 23.6 Å². The van der Waals surface area contributed by atoms with E-state index < -0.39 is 0 Å². The van der Waals surface area contributed by atoms with Crippen LogP contribution in [0.4, 0.5) is 11.4 Å². The number of hydrogen-bond donors (Lipinski definition) is 2. The van der Waals surface area contributed by atoms with Crippen molar-refractivity contribution in [2.45, 2.75) is 0 Å². The lowest BCUT2D eigenvalue weighted by atomic mass is 10.2. The third-order valence-corrected chi connectivity index (χ3v) is 3.37. The van der Waals surface area contributed by atoms with Crippen molar-refractivity contribution >= 4 is 40.2 Å². The molecule has 1 heterocycles.